The molecule has 2 N–H and O–H groups in total. The molecule has 2 heterocycles. The fourth-order valence-electron chi connectivity index (χ4n) is 2.40. The molecule has 1 aliphatic rings. The first-order valence-corrected chi connectivity index (χ1v) is 6.61. The van der Waals surface area contributed by atoms with Gasteiger partial charge in [0.25, 0.3) is 0 Å². The second-order valence-corrected chi connectivity index (χ2v) is 5.01. The van der Waals surface area contributed by atoms with Crippen LogP contribution in [0.3, 0.4) is 0 Å². The van der Waals surface area contributed by atoms with Gasteiger partial charge in [-0.05, 0) is 18.9 Å². The summed E-state index contributed by atoms with van der Waals surface area (Å²) in [5, 5.41) is 0. The molecular weight excluding hydrogens is 262 g/mol. The van der Waals surface area contributed by atoms with Crippen LogP contribution in [0.5, 0.6) is 0 Å². The predicted molar refractivity (Wildman–Crippen MR) is 77.1 cm³/mol. The molecular formula is C13H17N3O2S. The van der Waals surface area contributed by atoms with Gasteiger partial charge in [-0.3, -0.25) is 9.78 Å². The van der Waals surface area contributed by atoms with Crippen LogP contribution < -0.4 is 10.6 Å². The maximum atomic E-state index is 11.6. The summed E-state index contributed by atoms with van der Waals surface area (Å²) in [5.41, 5.74) is 7.42. The van der Waals surface area contributed by atoms with Crippen LogP contribution in [0.15, 0.2) is 18.5 Å². The molecule has 1 saturated heterocycles. The number of ether oxygens (including phenoxy) is 1. The second kappa shape index (κ2) is 5.97. The summed E-state index contributed by atoms with van der Waals surface area (Å²) < 4.78 is 4.82. The summed E-state index contributed by atoms with van der Waals surface area (Å²) in [6.45, 7) is 1.49. The standard InChI is InChI=1S/C13H17N3O2S/c1-18-13(17)9-3-2-6-16(8-9)11-7-15-5-4-10(11)12(14)19/h4-5,7,9H,2-3,6,8H2,1H3,(H2,14,19). The van der Waals surface area contributed by atoms with E-state index in [-0.39, 0.29) is 11.9 Å². The van der Waals surface area contributed by atoms with Crippen LogP contribution in [0.4, 0.5) is 5.69 Å². The van der Waals surface area contributed by atoms with E-state index in [2.05, 4.69) is 9.88 Å². The van der Waals surface area contributed by atoms with E-state index in [1.54, 1.807) is 18.5 Å². The predicted octanol–water partition coefficient (Wildman–Crippen LogP) is 1.11. The van der Waals surface area contributed by atoms with Gasteiger partial charge in [0.05, 0.1) is 24.9 Å². The Kier molecular flexibility index (Phi) is 4.31. The number of hydrogen-bond acceptors (Lipinski definition) is 5. The summed E-state index contributed by atoms with van der Waals surface area (Å²) in [6, 6.07) is 1.80. The Morgan fingerprint density at radius 1 is 1.63 bits per heavy atom. The lowest BCUT2D eigenvalue weighted by Crippen LogP contribution is -2.40. The van der Waals surface area contributed by atoms with Crippen molar-refractivity contribution < 1.29 is 9.53 Å². The number of esters is 1. The normalized spacial score (nSPS) is 19.0. The SMILES string of the molecule is COC(=O)C1CCCN(c2cnccc2C(N)=S)C1. The smallest absolute Gasteiger partial charge is 0.310 e. The molecule has 1 aromatic rings. The molecule has 6 heteroatoms. The van der Waals surface area contributed by atoms with Gasteiger partial charge in [0.2, 0.25) is 0 Å². The van der Waals surface area contributed by atoms with E-state index < -0.39 is 0 Å². The molecule has 0 aliphatic carbocycles. The minimum Gasteiger partial charge on any atom is -0.469 e. The molecule has 1 aromatic heterocycles. The van der Waals surface area contributed by atoms with Crippen LogP contribution in [0.2, 0.25) is 0 Å². The zero-order chi connectivity index (χ0) is 13.8. The van der Waals surface area contributed by atoms with Crippen molar-refractivity contribution in [3.05, 3.63) is 24.0 Å². The van der Waals surface area contributed by atoms with E-state index in [0.717, 1.165) is 30.6 Å². The van der Waals surface area contributed by atoms with E-state index >= 15 is 0 Å². The molecule has 2 rings (SSSR count). The van der Waals surface area contributed by atoms with Gasteiger partial charge in [-0.15, -0.1) is 0 Å². The van der Waals surface area contributed by atoms with Crippen molar-refractivity contribution in [1.82, 2.24) is 4.98 Å². The largest absolute Gasteiger partial charge is 0.469 e. The third-order valence-corrected chi connectivity index (χ3v) is 3.58. The number of methoxy groups -OCH3 is 1. The highest BCUT2D eigenvalue weighted by Crippen LogP contribution is 2.26. The molecule has 0 aromatic carbocycles. The fraction of sp³-hybridized carbons (Fsp3) is 0.462. The average Bonchev–Trinajstić information content (AvgIpc) is 2.46. The highest BCUT2D eigenvalue weighted by molar-refractivity contribution is 7.80. The van der Waals surface area contributed by atoms with E-state index in [4.69, 9.17) is 22.7 Å². The zero-order valence-corrected chi connectivity index (χ0v) is 11.7. The third-order valence-electron chi connectivity index (χ3n) is 3.36. The lowest BCUT2D eigenvalue weighted by molar-refractivity contribution is -0.145. The van der Waals surface area contributed by atoms with E-state index in [1.165, 1.54) is 7.11 Å². The molecule has 5 nitrogen and oxygen atoms in total. The molecule has 1 unspecified atom stereocenters. The maximum Gasteiger partial charge on any atom is 0.310 e. The molecule has 1 aliphatic heterocycles. The molecule has 0 amide bonds. The molecule has 102 valence electrons. The Morgan fingerprint density at radius 3 is 3.11 bits per heavy atom. The highest BCUT2D eigenvalue weighted by atomic mass is 32.1. The number of carbonyl (C=O) groups is 1. The fourth-order valence-corrected chi connectivity index (χ4v) is 2.57. The minimum atomic E-state index is -0.162. The monoisotopic (exact) mass is 279 g/mol. The van der Waals surface area contributed by atoms with E-state index in [9.17, 15) is 4.79 Å². The van der Waals surface area contributed by atoms with Crippen LogP contribution in [0, 0.1) is 5.92 Å². The summed E-state index contributed by atoms with van der Waals surface area (Å²) >= 11 is 5.05. The number of aromatic nitrogens is 1. The highest BCUT2D eigenvalue weighted by Gasteiger charge is 2.27. The Hall–Kier alpha value is -1.69. The van der Waals surface area contributed by atoms with E-state index in [1.807, 2.05) is 0 Å². The minimum absolute atomic E-state index is 0.0989. The van der Waals surface area contributed by atoms with Crippen molar-refractivity contribution in [2.24, 2.45) is 11.7 Å². The van der Waals surface area contributed by atoms with Crippen LogP contribution in [-0.2, 0) is 9.53 Å². The second-order valence-electron chi connectivity index (χ2n) is 4.57. The van der Waals surface area contributed by atoms with Crippen molar-refractivity contribution in [2.75, 3.05) is 25.1 Å². The van der Waals surface area contributed by atoms with Crippen LogP contribution in [0.1, 0.15) is 18.4 Å². The number of carbonyl (C=O) groups excluding carboxylic acids is 1. The molecule has 19 heavy (non-hydrogen) atoms. The Bertz CT molecular complexity index is 493. The first kappa shape index (κ1) is 13.7. The zero-order valence-electron chi connectivity index (χ0n) is 10.8. The van der Waals surface area contributed by atoms with Gasteiger partial charge in [0.15, 0.2) is 0 Å². The number of rotatable bonds is 3. The van der Waals surface area contributed by atoms with Gasteiger partial charge in [0.1, 0.15) is 4.99 Å². The third kappa shape index (κ3) is 3.01. The van der Waals surface area contributed by atoms with Crippen LogP contribution in [-0.4, -0.2) is 36.1 Å². The van der Waals surface area contributed by atoms with E-state index in [0.29, 0.717) is 11.5 Å². The number of nitrogens with two attached hydrogens (primary N) is 1. The topological polar surface area (TPSA) is 68.5 Å². The number of pyridine rings is 1. The quantitative estimate of drug-likeness (QED) is 0.660. The lowest BCUT2D eigenvalue weighted by atomic mass is 9.97. The Balaban J connectivity index is 2.22. The lowest BCUT2D eigenvalue weighted by Gasteiger charge is -2.33. The molecule has 1 fully saturated rings. The molecule has 0 saturated carbocycles. The average molecular weight is 279 g/mol. The van der Waals surface area contributed by atoms with Crippen molar-refractivity contribution in [3.8, 4) is 0 Å². The van der Waals surface area contributed by atoms with Gasteiger partial charge in [0, 0.05) is 24.8 Å². The van der Waals surface area contributed by atoms with Gasteiger partial charge < -0.3 is 15.4 Å². The molecule has 0 spiro atoms. The van der Waals surface area contributed by atoms with Crippen LogP contribution in [0.25, 0.3) is 0 Å². The number of hydrogen-bond donors (Lipinski definition) is 1. The summed E-state index contributed by atoms with van der Waals surface area (Å²) in [7, 11) is 1.42. The first-order valence-electron chi connectivity index (χ1n) is 6.20. The van der Waals surface area contributed by atoms with Gasteiger partial charge >= 0.3 is 5.97 Å². The van der Waals surface area contributed by atoms with Gasteiger partial charge in [-0.2, -0.15) is 0 Å². The number of thiocarbonyl (C=S) groups is 1. The van der Waals surface area contributed by atoms with Gasteiger partial charge in [-0.1, -0.05) is 12.2 Å². The summed E-state index contributed by atoms with van der Waals surface area (Å²) in [5.74, 6) is -0.261. The number of nitrogens with zero attached hydrogens (tertiary/aromatic N) is 2. The van der Waals surface area contributed by atoms with Crippen molar-refractivity contribution in [1.29, 1.82) is 0 Å². The Morgan fingerprint density at radius 2 is 2.42 bits per heavy atom. The number of piperidine rings is 1. The van der Waals surface area contributed by atoms with Crippen molar-refractivity contribution >= 4 is 28.9 Å². The Labute approximate surface area is 117 Å². The molecule has 0 bridgehead atoms. The van der Waals surface area contributed by atoms with Crippen molar-refractivity contribution in [2.45, 2.75) is 12.8 Å². The van der Waals surface area contributed by atoms with Crippen molar-refractivity contribution in [3.63, 3.8) is 0 Å². The van der Waals surface area contributed by atoms with Crippen LogP contribution >= 0.6 is 12.2 Å². The maximum absolute atomic E-state index is 11.6. The van der Waals surface area contributed by atoms with Gasteiger partial charge in [-0.25, -0.2) is 0 Å². The summed E-state index contributed by atoms with van der Waals surface area (Å²) in [4.78, 5) is 18.2. The summed E-state index contributed by atoms with van der Waals surface area (Å²) in [6.07, 6.45) is 5.20. The number of anilines is 1. The molecule has 1 atom stereocenters. The first-order chi connectivity index (χ1) is 9.13. The molecule has 0 radical (unpaired) electrons.